The van der Waals surface area contributed by atoms with Crippen LogP contribution in [0.4, 0.5) is 0 Å². The SMILES string of the molecule is COc1ccc(-c2noc(CN3CCC(C(=O)NCCCSCc4ccco4)CC3)n2)cc1OC. The van der Waals surface area contributed by atoms with Gasteiger partial charge >= 0.3 is 0 Å². The van der Waals surface area contributed by atoms with Crippen molar-refractivity contribution in [2.45, 2.75) is 31.6 Å². The lowest BCUT2D eigenvalue weighted by molar-refractivity contribution is -0.126. The molecule has 3 aromatic rings. The van der Waals surface area contributed by atoms with Crippen LogP contribution in [0.1, 0.15) is 30.9 Å². The lowest BCUT2D eigenvalue weighted by atomic mass is 9.96. The molecule has 10 heteroatoms. The Morgan fingerprint density at radius 1 is 1.20 bits per heavy atom. The van der Waals surface area contributed by atoms with Crippen molar-refractivity contribution in [3.8, 4) is 22.9 Å². The highest BCUT2D eigenvalue weighted by Gasteiger charge is 2.26. The van der Waals surface area contributed by atoms with Crippen molar-refractivity contribution in [3.63, 3.8) is 0 Å². The second kappa shape index (κ2) is 12.6. The van der Waals surface area contributed by atoms with E-state index in [9.17, 15) is 4.79 Å². The molecule has 0 aliphatic carbocycles. The van der Waals surface area contributed by atoms with E-state index in [1.165, 1.54) is 0 Å². The number of aromatic nitrogens is 2. The number of piperidine rings is 1. The fourth-order valence-electron chi connectivity index (χ4n) is 4.05. The molecule has 35 heavy (non-hydrogen) atoms. The van der Waals surface area contributed by atoms with Crippen molar-refractivity contribution < 1.29 is 23.2 Å². The Kier molecular flexibility index (Phi) is 9.08. The fourth-order valence-corrected chi connectivity index (χ4v) is 4.91. The number of rotatable bonds is 12. The van der Waals surface area contributed by atoms with Gasteiger partial charge < -0.3 is 23.7 Å². The van der Waals surface area contributed by atoms with Crippen molar-refractivity contribution in [3.05, 3.63) is 48.2 Å². The van der Waals surface area contributed by atoms with Gasteiger partial charge in [0.05, 0.1) is 32.8 Å². The third-order valence-corrected chi connectivity index (χ3v) is 7.08. The average molecular weight is 501 g/mol. The Balaban J connectivity index is 1.16. The molecule has 1 aliphatic heterocycles. The van der Waals surface area contributed by atoms with Crippen molar-refractivity contribution >= 4 is 17.7 Å². The first-order chi connectivity index (χ1) is 17.2. The lowest BCUT2D eigenvalue weighted by Gasteiger charge is -2.30. The van der Waals surface area contributed by atoms with Crippen LogP contribution in [0, 0.1) is 5.92 Å². The monoisotopic (exact) mass is 500 g/mol. The summed E-state index contributed by atoms with van der Waals surface area (Å²) < 4.78 is 21.4. The fraction of sp³-hybridized carbons (Fsp3) is 0.480. The predicted molar refractivity (Wildman–Crippen MR) is 133 cm³/mol. The quantitative estimate of drug-likeness (QED) is 0.370. The Hall–Kier alpha value is -2.98. The van der Waals surface area contributed by atoms with Crippen LogP contribution >= 0.6 is 11.8 Å². The Morgan fingerprint density at radius 2 is 2.03 bits per heavy atom. The van der Waals surface area contributed by atoms with Gasteiger partial charge in [-0.25, -0.2) is 0 Å². The molecule has 1 fully saturated rings. The van der Waals surface area contributed by atoms with E-state index in [4.69, 9.17) is 18.4 Å². The third kappa shape index (κ3) is 7.02. The standard InChI is InChI=1S/C25H32N4O5S/c1-31-21-7-6-19(15-22(21)32-2)24-27-23(34-28-24)16-29-11-8-18(9-12-29)25(30)26-10-4-14-35-17-20-5-3-13-33-20/h3,5-7,13,15,18H,4,8-12,14,16-17H2,1-2H3,(H,26,30). The average Bonchev–Trinajstić information content (AvgIpc) is 3.58. The topological polar surface area (TPSA) is 103 Å². The van der Waals surface area contributed by atoms with Crippen LogP contribution in [-0.4, -0.2) is 60.6 Å². The molecule has 0 unspecified atom stereocenters. The minimum Gasteiger partial charge on any atom is -0.493 e. The molecule has 0 atom stereocenters. The molecule has 4 rings (SSSR count). The maximum atomic E-state index is 12.5. The van der Waals surface area contributed by atoms with Gasteiger partial charge in [-0.1, -0.05) is 5.16 Å². The van der Waals surface area contributed by atoms with E-state index in [-0.39, 0.29) is 11.8 Å². The van der Waals surface area contributed by atoms with Gasteiger partial charge in [-0.15, -0.1) is 0 Å². The second-order valence-electron chi connectivity index (χ2n) is 8.41. The number of furan rings is 1. The number of thioether (sulfide) groups is 1. The number of hydrogen-bond donors (Lipinski definition) is 1. The van der Waals surface area contributed by atoms with E-state index >= 15 is 0 Å². The molecule has 1 N–H and O–H groups in total. The largest absolute Gasteiger partial charge is 0.493 e. The number of methoxy groups -OCH3 is 2. The van der Waals surface area contributed by atoms with Crippen LogP contribution in [0.5, 0.6) is 11.5 Å². The number of amides is 1. The molecule has 1 aliphatic rings. The molecule has 1 aromatic carbocycles. The van der Waals surface area contributed by atoms with Crippen LogP contribution in [0.15, 0.2) is 45.5 Å². The summed E-state index contributed by atoms with van der Waals surface area (Å²) in [6.07, 6.45) is 4.31. The number of hydrogen-bond acceptors (Lipinski definition) is 9. The van der Waals surface area contributed by atoms with Crippen molar-refractivity contribution in [2.75, 3.05) is 39.6 Å². The van der Waals surface area contributed by atoms with E-state index in [1.807, 2.05) is 42.1 Å². The molecule has 0 spiro atoms. The highest BCUT2D eigenvalue weighted by atomic mass is 32.2. The lowest BCUT2D eigenvalue weighted by Crippen LogP contribution is -2.40. The summed E-state index contributed by atoms with van der Waals surface area (Å²) in [5, 5.41) is 7.21. The first-order valence-corrected chi connectivity index (χ1v) is 13.0. The van der Waals surface area contributed by atoms with Gasteiger partial charge in [0.2, 0.25) is 17.6 Å². The molecule has 188 valence electrons. The van der Waals surface area contributed by atoms with Gasteiger partial charge in [0.1, 0.15) is 5.76 Å². The van der Waals surface area contributed by atoms with Gasteiger partial charge in [-0.3, -0.25) is 9.69 Å². The summed E-state index contributed by atoms with van der Waals surface area (Å²) in [7, 11) is 3.19. The summed E-state index contributed by atoms with van der Waals surface area (Å²) in [6.45, 7) is 2.93. The minimum absolute atomic E-state index is 0.0621. The molecule has 1 amide bonds. The van der Waals surface area contributed by atoms with Crippen LogP contribution < -0.4 is 14.8 Å². The highest BCUT2D eigenvalue weighted by molar-refractivity contribution is 7.98. The van der Waals surface area contributed by atoms with E-state index in [0.717, 1.165) is 55.2 Å². The van der Waals surface area contributed by atoms with Crippen molar-refractivity contribution in [1.29, 1.82) is 0 Å². The van der Waals surface area contributed by atoms with Gasteiger partial charge in [-0.2, -0.15) is 16.7 Å². The van der Waals surface area contributed by atoms with Crippen LogP contribution in [0.25, 0.3) is 11.4 Å². The van der Waals surface area contributed by atoms with E-state index in [0.29, 0.717) is 36.3 Å². The van der Waals surface area contributed by atoms with E-state index in [2.05, 4.69) is 20.4 Å². The van der Waals surface area contributed by atoms with Gasteiger partial charge in [0, 0.05) is 18.0 Å². The number of benzene rings is 1. The first kappa shape index (κ1) is 25.1. The van der Waals surface area contributed by atoms with Gasteiger partial charge in [-0.05, 0) is 68.4 Å². The number of likely N-dealkylation sites (tertiary alicyclic amines) is 1. The maximum absolute atomic E-state index is 12.5. The summed E-state index contributed by atoms with van der Waals surface area (Å²) in [6, 6.07) is 9.41. The molecule has 3 heterocycles. The number of ether oxygens (including phenoxy) is 2. The number of carbonyl (C=O) groups is 1. The molecule has 0 bridgehead atoms. The second-order valence-corrected chi connectivity index (χ2v) is 9.51. The summed E-state index contributed by atoms with van der Waals surface area (Å²) >= 11 is 1.82. The number of nitrogens with one attached hydrogen (secondary N) is 1. The van der Waals surface area contributed by atoms with Crippen molar-refractivity contribution in [2.24, 2.45) is 5.92 Å². The molecule has 0 saturated carbocycles. The molecule has 9 nitrogen and oxygen atoms in total. The Morgan fingerprint density at radius 3 is 2.77 bits per heavy atom. The zero-order valence-corrected chi connectivity index (χ0v) is 21.0. The summed E-state index contributed by atoms with van der Waals surface area (Å²) in [5.74, 6) is 5.41. The van der Waals surface area contributed by atoms with Crippen LogP contribution in [-0.2, 0) is 17.1 Å². The predicted octanol–water partition coefficient (Wildman–Crippen LogP) is 4.00. The zero-order chi connectivity index (χ0) is 24.5. The minimum atomic E-state index is 0.0621. The molecular weight excluding hydrogens is 468 g/mol. The Labute approximate surface area is 209 Å². The molecule has 2 aromatic heterocycles. The normalized spacial score (nSPS) is 14.7. The number of nitrogens with zero attached hydrogens (tertiary/aromatic N) is 3. The Bertz CT molecular complexity index is 1060. The summed E-state index contributed by atoms with van der Waals surface area (Å²) in [5.41, 5.74) is 0.799. The molecular formula is C25H32N4O5S. The highest BCUT2D eigenvalue weighted by Crippen LogP contribution is 2.31. The molecule has 1 saturated heterocycles. The zero-order valence-electron chi connectivity index (χ0n) is 20.2. The van der Waals surface area contributed by atoms with Gasteiger partial charge in [0.15, 0.2) is 11.5 Å². The molecule has 0 radical (unpaired) electrons. The van der Waals surface area contributed by atoms with E-state index in [1.54, 1.807) is 20.5 Å². The van der Waals surface area contributed by atoms with E-state index < -0.39 is 0 Å². The first-order valence-electron chi connectivity index (χ1n) is 11.8. The smallest absolute Gasteiger partial charge is 0.241 e. The van der Waals surface area contributed by atoms with Crippen molar-refractivity contribution in [1.82, 2.24) is 20.4 Å². The third-order valence-electron chi connectivity index (χ3n) is 6.02. The van der Waals surface area contributed by atoms with Crippen LogP contribution in [0.3, 0.4) is 0 Å². The summed E-state index contributed by atoms with van der Waals surface area (Å²) in [4.78, 5) is 19.3. The van der Waals surface area contributed by atoms with Gasteiger partial charge in [0.25, 0.3) is 0 Å². The number of carbonyl (C=O) groups excluding carboxylic acids is 1. The maximum Gasteiger partial charge on any atom is 0.241 e. The van der Waals surface area contributed by atoms with Crippen LogP contribution in [0.2, 0.25) is 0 Å².